The van der Waals surface area contributed by atoms with Crippen molar-refractivity contribution >= 4 is 33.4 Å². The van der Waals surface area contributed by atoms with Crippen molar-refractivity contribution in [3.05, 3.63) is 94.5 Å². The number of hydrogen-bond donors (Lipinski definition) is 2. The molecule has 0 aromatic heterocycles. The van der Waals surface area contributed by atoms with Crippen molar-refractivity contribution in [2.75, 3.05) is 19.6 Å². The second kappa shape index (κ2) is 14.3. The van der Waals surface area contributed by atoms with Gasteiger partial charge in [0, 0.05) is 29.7 Å². The number of hydrogen-bond acceptors (Lipinski definition) is 7. The largest absolute Gasteiger partial charge is 0.444 e. The van der Waals surface area contributed by atoms with Gasteiger partial charge in [-0.1, -0.05) is 35.9 Å². The molecule has 0 radical (unpaired) electrons. The third-order valence-electron chi connectivity index (χ3n) is 7.69. The highest BCUT2D eigenvalue weighted by molar-refractivity contribution is 7.91. The number of sulfone groups is 1. The van der Waals surface area contributed by atoms with E-state index in [0.717, 1.165) is 5.56 Å². The Morgan fingerprint density at radius 2 is 1.58 bits per heavy atom. The van der Waals surface area contributed by atoms with Crippen LogP contribution in [0.3, 0.4) is 0 Å². The van der Waals surface area contributed by atoms with Gasteiger partial charge in [-0.15, -0.1) is 0 Å². The van der Waals surface area contributed by atoms with Crippen LogP contribution in [0.25, 0.3) is 0 Å². The molecule has 1 saturated heterocycles. The van der Waals surface area contributed by atoms with E-state index >= 15 is 0 Å². The summed E-state index contributed by atoms with van der Waals surface area (Å²) in [5.74, 6) is -0.190. The number of amides is 2. The van der Waals surface area contributed by atoms with E-state index in [9.17, 15) is 28.2 Å². The second-order valence-corrected chi connectivity index (χ2v) is 14.8. The van der Waals surface area contributed by atoms with E-state index in [2.05, 4.69) is 0 Å². The molecule has 3 aromatic carbocycles. The zero-order valence-electron chi connectivity index (χ0n) is 26.0. The maximum atomic E-state index is 13.4. The number of rotatable bonds is 9. The van der Waals surface area contributed by atoms with Crippen LogP contribution in [0, 0.1) is 0 Å². The van der Waals surface area contributed by atoms with Crippen molar-refractivity contribution in [2.24, 2.45) is 0 Å². The van der Waals surface area contributed by atoms with Gasteiger partial charge in [0.1, 0.15) is 5.60 Å². The van der Waals surface area contributed by atoms with Crippen LogP contribution in [-0.2, 0) is 21.0 Å². The molecule has 2 N–H and O–H groups in total. The first-order valence-corrected chi connectivity index (χ1v) is 16.8. The Bertz CT molecular complexity index is 1580. The van der Waals surface area contributed by atoms with Crippen LogP contribution in [0.2, 0.25) is 5.02 Å². The number of aliphatic hydroxyl groups excluding tert-OH is 2. The average Bonchev–Trinajstić information content (AvgIpc) is 2.99. The smallest absolute Gasteiger partial charge is 0.410 e. The van der Waals surface area contributed by atoms with Crippen LogP contribution >= 0.6 is 11.6 Å². The van der Waals surface area contributed by atoms with E-state index in [1.807, 2.05) is 6.92 Å². The number of nitrogens with zero attached hydrogens (tertiary/aromatic N) is 2. The molecule has 3 aromatic rings. The van der Waals surface area contributed by atoms with Gasteiger partial charge in [0.05, 0.1) is 28.5 Å². The van der Waals surface area contributed by atoms with Crippen molar-refractivity contribution in [1.82, 2.24) is 9.80 Å². The summed E-state index contributed by atoms with van der Waals surface area (Å²) in [7, 11) is -3.85. The van der Waals surface area contributed by atoms with Crippen molar-refractivity contribution in [3.8, 4) is 0 Å². The maximum absolute atomic E-state index is 13.4. The second-order valence-electron chi connectivity index (χ2n) is 12.5. The predicted octanol–water partition coefficient (Wildman–Crippen LogP) is 5.67. The minimum absolute atomic E-state index is 0.0267. The summed E-state index contributed by atoms with van der Waals surface area (Å²) in [5, 5.41) is 21.1. The minimum atomic E-state index is -3.85. The van der Waals surface area contributed by atoms with E-state index in [1.54, 1.807) is 62.1 Å². The summed E-state index contributed by atoms with van der Waals surface area (Å²) in [4.78, 5) is 29.3. The third-order valence-corrected chi connectivity index (χ3v) is 9.71. The highest BCUT2D eigenvalue weighted by Crippen LogP contribution is 2.25. The molecule has 0 spiro atoms. The van der Waals surface area contributed by atoms with E-state index in [1.165, 1.54) is 41.3 Å². The number of carbonyl (C=O) groups excluding carboxylic acids is 2. The van der Waals surface area contributed by atoms with Crippen LogP contribution in [-0.4, -0.2) is 77.8 Å². The topological polar surface area (TPSA) is 124 Å². The van der Waals surface area contributed by atoms with E-state index in [-0.39, 0.29) is 22.2 Å². The van der Waals surface area contributed by atoms with Crippen molar-refractivity contribution in [2.45, 2.75) is 80.6 Å². The van der Waals surface area contributed by atoms with Crippen LogP contribution in [0.4, 0.5) is 4.79 Å². The quantitative estimate of drug-likeness (QED) is 0.304. The van der Waals surface area contributed by atoms with Gasteiger partial charge in [0.2, 0.25) is 9.84 Å². The van der Waals surface area contributed by atoms with E-state index in [4.69, 9.17) is 16.3 Å². The van der Waals surface area contributed by atoms with Gasteiger partial charge in [-0.05, 0) is 107 Å². The van der Waals surface area contributed by atoms with Gasteiger partial charge < -0.3 is 24.7 Å². The minimum Gasteiger partial charge on any atom is -0.444 e. The van der Waals surface area contributed by atoms with Crippen LogP contribution < -0.4 is 0 Å². The van der Waals surface area contributed by atoms with Gasteiger partial charge >= 0.3 is 6.09 Å². The molecule has 4 rings (SSSR count). The molecule has 0 bridgehead atoms. The number of piperidine rings is 1. The number of benzene rings is 3. The average molecular weight is 657 g/mol. The fourth-order valence-corrected chi connectivity index (χ4v) is 6.64. The number of aliphatic hydroxyl groups is 2. The Hall–Kier alpha value is -3.44. The Balaban J connectivity index is 1.46. The van der Waals surface area contributed by atoms with E-state index in [0.29, 0.717) is 48.5 Å². The highest BCUT2D eigenvalue weighted by atomic mass is 35.5. The first-order chi connectivity index (χ1) is 21.1. The van der Waals surface area contributed by atoms with Gasteiger partial charge in [-0.3, -0.25) is 4.79 Å². The van der Waals surface area contributed by atoms with Gasteiger partial charge in [-0.25, -0.2) is 13.2 Å². The summed E-state index contributed by atoms with van der Waals surface area (Å²) < 4.78 is 32.4. The number of likely N-dealkylation sites (tertiary alicyclic amines) is 1. The van der Waals surface area contributed by atoms with Gasteiger partial charge in [0.25, 0.3) is 5.91 Å². The Kier molecular flexibility index (Phi) is 11.0. The molecule has 1 fully saturated rings. The summed E-state index contributed by atoms with van der Waals surface area (Å²) in [6, 6.07) is 18.8. The molecule has 1 aliphatic heterocycles. The normalized spacial score (nSPS) is 15.8. The highest BCUT2D eigenvalue weighted by Gasteiger charge is 2.29. The van der Waals surface area contributed by atoms with Gasteiger partial charge in [0.15, 0.2) is 0 Å². The molecule has 2 atom stereocenters. The molecular formula is C34H41ClN2O7S. The molecule has 1 aliphatic rings. The molecule has 0 saturated carbocycles. The first-order valence-electron chi connectivity index (χ1n) is 15.0. The fourth-order valence-electron chi connectivity index (χ4n) is 5.18. The Morgan fingerprint density at radius 3 is 2.13 bits per heavy atom. The summed E-state index contributed by atoms with van der Waals surface area (Å²) in [6.07, 6.45) is -0.538. The summed E-state index contributed by atoms with van der Waals surface area (Å²) >= 11 is 6.10. The van der Waals surface area contributed by atoms with Gasteiger partial charge in [-0.2, -0.15) is 0 Å². The molecule has 242 valence electrons. The van der Waals surface area contributed by atoms with Crippen molar-refractivity contribution in [3.63, 3.8) is 0 Å². The number of carbonyl (C=O) groups is 2. The van der Waals surface area contributed by atoms with Crippen LogP contribution in [0.15, 0.2) is 82.6 Å². The maximum Gasteiger partial charge on any atom is 0.410 e. The summed E-state index contributed by atoms with van der Waals surface area (Å²) in [5.41, 5.74) is 1.01. The molecule has 0 aliphatic carbocycles. The molecular weight excluding hydrogens is 616 g/mol. The molecule has 1 heterocycles. The molecule has 0 unspecified atom stereocenters. The van der Waals surface area contributed by atoms with Crippen molar-refractivity contribution in [1.29, 1.82) is 0 Å². The third kappa shape index (κ3) is 9.07. The summed E-state index contributed by atoms with van der Waals surface area (Å²) in [6.45, 7) is 8.05. The van der Waals surface area contributed by atoms with Crippen LogP contribution in [0.5, 0.6) is 0 Å². The predicted molar refractivity (Wildman–Crippen MR) is 172 cm³/mol. The first kappa shape index (κ1) is 34.4. The monoisotopic (exact) mass is 656 g/mol. The number of halogens is 1. The molecule has 11 heteroatoms. The SMILES string of the molecule is C[C@H](Cc1ccc(S(=O)(=O)c2ccc(C(=O)N3CCC(O)CC3)cc2)cc1)N(C[C@H](O)c1cccc(Cl)c1)C(=O)OC(C)(C)C. The van der Waals surface area contributed by atoms with E-state index < -0.39 is 39.8 Å². The van der Waals surface area contributed by atoms with Crippen LogP contribution in [0.1, 0.15) is 68.1 Å². The standard InChI is InChI=1S/C34H41ClN2O7S/c1-23(37(33(41)44-34(2,3)4)22-31(39)26-6-5-7-27(35)21-26)20-24-8-12-29(13-9-24)45(42,43)30-14-10-25(11-15-30)32(40)36-18-16-28(38)17-19-36/h5-15,21,23,28,31,38-39H,16-20,22H2,1-4H3/t23-,31+/m1/s1. The zero-order valence-corrected chi connectivity index (χ0v) is 27.6. The molecule has 2 amide bonds. The lowest BCUT2D eigenvalue weighted by Crippen LogP contribution is -2.45. The Morgan fingerprint density at radius 1 is 1.00 bits per heavy atom. The lowest BCUT2D eigenvalue weighted by Gasteiger charge is -2.33. The van der Waals surface area contributed by atoms with Crippen molar-refractivity contribution < 1.29 is 33.0 Å². The molecule has 9 nitrogen and oxygen atoms in total. The zero-order chi connectivity index (χ0) is 32.9. The Labute approximate surface area is 270 Å². The number of ether oxygens (including phenoxy) is 1. The lowest BCUT2D eigenvalue weighted by atomic mass is 10.0. The lowest BCUT2D eigenvalue weighted by molar-refractivity contribution is 0.00546. The fraction of sp³-hybridized carbons (Fsp3) is 0.412. The molecule has 45 heavy (non-hydrogen) atoms.